The Morgan fingerprint density at radius 3 is 1.74 bits per heavy atom. The normalized spacial score (nSPS) is 11.8. The van der Waals surface area contributed by atoms with Gasteiger partial charge in [-0.2, -0.15) is 0 Å². The minimum absolute atomic E-state index is 0.252. The van der Waals surface area contributed by atoms with Gasteiger partial charge in [-0.3, -0.25) is 0 Å². The fraction of sp³-hybridized carbons (Fsp3) is 0.0571. The average Bonchev–Trinajstić information content (AvgIpc) is 3.00. The van der Waals surface area contributed by atoms with E-state index < -0.39 is 12.1 Å². The predicted octanol–water partition coefficient (Wildman–Crippen LogP) is 8.86. The summed E-state index contributed by atoms with van der Waals surface area (Å²) in [6.07, 6.45) is -1.91. The van der Waals surface area contributed by atoms with E-state index in [9.17, 15) is 4.79 Å². The minimum atomic E-state index is -1.91. The van der Waals surface area contributed by atoms with Gasteiger partial charge in [0.25, 0.3) is 0 Å². The first-order valence-corrected chi connectivity index (χ1v) is 12.8. The first kappa shape index (κ1) is 24.4. The zero-order valence-electron chi connectivity index (χ0n) is 21.1. The molecule has 0 fully saturated rings. The Kier molecular flexibility index (Phi) is 6.75. The van der Waals surface area contributed by atoms with Crippen LogP contribution in [0.15, 0.2) is 133 Å². The van der Waals surface area contributed by atoms with Crippen LogP contribution < -0.4 is 9.47 Å². The molecule has 3 nitrogen and oxygen atoms in total. The molecule has 1 unspecified atom stereocenters. The van der Waals surface area contributed by atoms with Crippen molar-refractivity contribution in [3.8, 4) is 22.6 Å². The van der Waals surface area contributed by atoms with Gasteiger partial charge in [-0.1, -0.05) is 121 Å². The van der Waals surface area contributed by atoms with Gasteiger partial charge in [0.05, 0.1) is 0 Å². The first-order valence-electron chi connectivity index (χ1n) is 12.8. The van der Waals surface area contributed by atoms with Crippen LogP contribution in [0.1, 0.15) is 17.3 Å². The van der Waals surface area contributed by atoms with Crippen molar-refractivity contribution in [2.75, 3.05) is 0 Å². The van der Waals surface area contributed by atoms with Gasteiger partial charge in [0, 0.05) is 11.1 Å². The van der Waals surface area contributed by atoms with Gasteiger partial charge >= 0.3 is 5.97 Å². The van der Waals surface area contributed by atoms with Gasteiger partial charge in [-0.05, 0) is 44.8 Å². The van der Waals surface area contributed by atoms with Gasteiger partial charge < -0.3 is 9.47 Å². The predicted molar refractivity (Wildman–Crippen MR) is 154 cm³/mol. The monoisotopic (exact) mass is 512 g/mol. The van der Waals surface area contributed by atoms with Crippen LogP contribution in [0.4, 0.5) is 4.39 Å². The van der Waals surface area contributed by atoms with Gasteiger partial charge in [0.15, 0.2) is 0 Å². The van der Waals surface area contributed by atoms with Crippen LogP contribution in [0, 0.1) is 0 Å². The quantitative estimate of drug-likeness (QED) is 0.158. The number of alkyl halides is 1. The Balaban J connectivity index is 1.52. The molecule has 1 atom stereocenters. The van der Waals surface area contributed by atoms with Crippen molar-refractivity contribution in [2.45, 2.75) is 12.8 Å². The molecule has 0 aliphatic carbocycles. The van der Waals surface area contributed by atoms with Crippen LogP contribution in [0.3, 0.4) is 0 Å². The topological polar surface area (TPSA) is 35.5 Å². The number of carbonyl (C=O) groups is 1. The maximum absolute atomic E-state index is 15.2. The molecule has 0 radical (unpaired) electrons. The highest BCUT2D eigenvalue weighted by molar-refractivity contribution is 6.10. The fourth-order valence-corrected chi connectivity index (χ4v) is 4.88. The third kappa shape index (κ3) is 4.97. The van der Waals surface area contributed by atoms with Crippen molar-refractivity contribution in [3.63, 3.8) is 0 Å². The largest absolute Gasteiger partial charge is 0.488 e. The summed E-state index contributed by atoms with van der Waals surface area (Å²) in [4.78, 5) is 13.1. The highest BCUT2D eigenvalue weighted by Gasteiger charge is 2.25. The van der Waals surface area contributed by atoms with E-state index in [1.54, 1.807) is 36.4 Å². The summed E-state index contributed by atoms with van der Waals surface area (Å²) in [5, 5.41) is 3.79. The molecule has 0 saturated carbocycles. The number of hydrogen-bond acceptors (Lipinski definition) is 3. The van der Waals surface area contributed by atoms with E-state index in [2.05, 4.69) is 0 Å². The summed E-state index contributed by atoms with van der Waals surface area (Å²) in [5.74, 6) is -0.0472. The molecule has 190 valence electrons. The molecule has 6 rings (SSSR count). The second-order valence-electron chi connectivity index (χ2n) is 9.29. The molecule has 0 aliphatic heterocycles. The van der Waals surface area contributed by atoms with Gasteiger partial charge in [0.1, 0.15) is 18.1 Å². The zero-order valence-corrected chi connectivity index (χ0v) is 21.1. The van der Waals surface area contributed by atoms with E-state index in [0.29, 0.717) is 17.9 Å². The molecule has 0 bridgehead atoms. The second kappa shape index (κ2) is 10.8. The van der Waals surface area contributed by atoms with Crippen LogP contribution in [-0.4, -0.2) is 5.97 Å². The van der Waals surface area contributed by atoms with Crippen molar-refractivity contribution in [1.29, 1.82) is 0 Å². The summed E-state index contributed by atoms with van der Waals surface area (Å²) < 4.78 is 27.4. The minimum Gasteiger partial charge on any atom is -0.488 e. The van der Waals surface area contributed by atoms with E-state index in [-0.39, 0.29) is 11.3 Å². The van der Waals surface area contributed by atoms with Gasteiger partial charge in [-0.25, -0.2) is 9.18 Å². The van der Waals surface area contributed by atoms with Crippen molar-refractivity contribution >= 4 is 27.5 Å². The van der Waals surface area contributed by atoms with Crippen molar-refractivity contribution in [3.05, 3.63) is 145 Å². The van der Waals surface area contributed by atoms with Gasteiger partial charge in [0.2, 0.25) is 6.17 Å². The van der Waals surface area contributed by atoms with E-state index in [1.165, 1.54) is 0 Å². The number of fused-ring (bicyclic) bond motifs is 2. The number of carbonyl (C=O) groups excluding carboxylic acids is 1. The summed E-state index contributed by atoms with van der Waals surface area (Å²) in [6, 6.07) is 41.7. The maximum atomic E-state index is 15.2. The fourth-order valence-electron chi connectivity index (χ4n) is 4.88. The summed E-state index contributed by atoms with van der Waals surface area (Å²) in [7, 11) is 0. The third-order valence-corrected chi connectivity index (χ3v) is 6.78. The van der Waals surface area contributed by atoms with Crippen molar-refractivity contribution < 1.29 is 18.7 Å². The van der Waals surface area contributed by atoms with Crippen molar-refractivity contribution in [2.24, 2.45) is 0 Å². The number of esters is 1. The van der Waals surface area contributed by atoms with E-state index in [0.717, 1.165) is 32.7 Å². The highest BCUT2D eigenvalue weighted by atomic mass is 19.1. The molecule has 0 spiro atoms. The molecule has 0 heterocycles. The molecule has 0 aliphatic rings. The molecule has 0 saturated heterocycles. The lowest BCUT2D eigenvalue weighted by molar-refractivity contribution is -0.140. The standard InChI is InChI=1S/C35H25FO3/c36-34(27-15-5-2-6-16-27)35(37)39-31-22-20-26-14-8-10-18-29(26)33(31)32-28-17-9-7-13-25(28)19-21-30(32)38-23-24-11-3-1-4-12-24/h1-22,34H,23H2. The number of halogens is 1. The van der Waals surface area contributed by atoms with Crippen LogP contribution in [0.25, 0.3) is 32.7 Å². The summed E-state index contributed by atoms with van der Waals surface area (Å²) >= 11 is 0. The molecule has 6 aromatic rings. The SMILES string of the molecule is O=C(Oc1ccc2ccccc2c1-c1c(OCc2ccccc2)ccc2ccccc12)C(F)c1ccccc1. The Labute approximate surface area is 226 Å². The molecule has 0 N–H and O–H groups in total. The number of ether oxygens (including phenoxy) is 2. The molecular weight excluding hydrogens is 487 g/mol. The van der Waals surface area contributed by atoms with Crippen molar-refractivity contribution in [1.82, 2.24) is 0 Å². The Bertz CT molecular complexity index is 1760. The van der Waals surface area contributed by atoms with E-state index >= 15 is 4.39 Å². The zero-order chi connectivity index (χ0) is 26.6. The summed E-state index contributed by atoms with van der Waals surface area (Å²) in [5.41, 5.74) is 2.76. The lowest BCUT2D eigenvalue weighted by atomic mass is 9.92. The number of hydrogen-bond donors (Lipinski definition) is 0. The number of benzene rings is 6. The lowest BCUT2D eigenvalue weighted by Gasteiger charge is -2.20. The summed E-state index contributed by atoms with van der Waals surface area (Å²) in [6.45, 7) is 0.368. The Hall–Kier alpha value is -4.96. The molecule has 0 amide bonds. The second-order valence-corrected chi connectivity index (χ2v) is 9.29. The average molecular weight is 513 g/mol. The molecule has 0 aromatic heterocycles. The highest BCUT2D eigenvalue weighted by Crippen LogP contribution is 2.46. The Morgan fingerprint density at radius 2 is 1.10 bits per heavy atom. The smallest absolute Gasteiger partial charge is 0.350 e. The van der Waals surface area contributed by atoms with Crippen LogP contribution in [-0.2, 0) is 11.4 Å². The molecular formula is C35H25FO3. The Morgan fingerprint density at radius 1 is 0.590 bits per heavy atom. The molecule has 4 heteroatoms. The van der Waals surface area contributed by atoms with E-state index in [1.807, 2.05) is 97.1 Å². The lowest BCUT2D eigenvalue weighted by Crippen LogP contribution is -2.15. The van der Waals surface area contributed by atoms with Gasteiger partial charge in [-0.15, -0.1) is 0 Å². The molecule has 6 aromatic carbocycles. The van der Waals surface area contributed by atoms with Crippen LogP contribution >= 0.6 is 0 Å². The first-order chi connectivity index (χ1) is 19.2. The molecule has 39 heavy (non-hydrogen) atoms. The van der Waals surface area contributed by atoms with Crippen LogP contribution in [0.5, 0.6) is 11.5 Å². The number of rotatable bonds is 7. The maximum Gasteiger partial charge on any atom is 0.350 e. The van der Waals surface area contributed by atoms with E-state index in [4.69, 9.17) is 9.47 Å². The third-order valence-electron chi connectivity index (χ3n) is 6.78. The van der Waals surface area contributed by atoms with Crippen LogP contribution in [0.2, 0.25) is 0 Å².